The van der Waals surface area contributed by atoms with Crippen molar-refractivity contribution in [2.75, 3.05) is 0 Å². The van der Waals surface area contributed by atoms with Crippen LogP contribution in [0, 0.1) is 6.92 Å². The molecule has 1 aromatic rings. The number of halogens is 2. The second-order valence-electron chi connectivity index (χ2n) is 2.38. The van der Waals surface area contributed by atoms with Crippen LogP contribution in [0.15, 0.2) is 16.6 Å². The van der Waals surface area contributed by atoms with Gasteiger partial charge in [-0.15, -0.1) is 0 Å². The van der Waals surface area contributed by atoms with Crippen molar-refractivity contribution in [3.05, 3.63) is 32.8 Å². The van der Waals surface area contributed by atoms with Crippen LogP contribution in [0.5, 0.6) is 0 Å². The molecule has 0 aliphatic carbocycles. The molecule has 0 radical (unpaired) electrons. The maximum Gasteiger partial charge on any atom is 0.0420 e. The molecule has 0 amide bonds. The first-order valence-corrected chi connectivity index (χ1v) is 4.47. The van der Waals surface area contributed by atoms with Gasteiger partial charge in [-0.2, -0.15) is 0 Å². The molecule has 0 atom stereocenters. The van der Waals surface area contributed by atoms with Crippen molar-refractivity contribution in [2.24, 2.45) is 5.73 Å². The normalized spacial score (nSPS) is 10.2. The molecule has 0 aliphatic rings. The summed E-state index contributed by atoms with van der Waals surface area (Å²) in [6, 6.07) is 3.76. The van der Waals surface area contributed by atoms with Gasteiger partial charge in [0.25, 0.3) is 0 Å². The predicted octanol–water partition coefficient (Wildman–Crippen LogP) is 2.87. The van der Waals surface area contributed by atoms with E-state index in [1.807, 2.05) is 19.1 Å². The summed E-state index contributed by atoms with van der Waals surface area (Å²) in [4.78, 5) is 0. The van der Waals surface area contributed by atoms with Gasteiger partial charge in [-0.1, -0.05) is 27.5 Å². The van der Waals surface area contributed by atoms with Crippen LogP contribution in [0.2, 0.25) is 5.02 Å². The predicted molar refractivity (Wildman–Crippen MR) is 51.8 cm³/mol. The largest absolute Gasteiger partial charge is 0.326 e. The molecule has 1 rings (SSSR count). The van der Waals surface area contributed by atoms with Crippen molar-refractivity contribution in [3.8, 4) is 0 Å². The zero-order valence-electron chi connectivity index (χ0n) is 6.20. The monoisotopic (exact) mass is 233 g/mol. The maximum atomic E-state index is 5.82. The summed E-state index contributed by atoms with van der Waals surface area (Å²) in [6.07, 6.45) is 0. The minimum atomic E-state index is 0.533. The van der Waals surface area contributed by atoms with Crippen LogP contribution in [0.25, 0.3) is 0 Å². The standard InChI is InChI=1S/C8H9BrClN/c1-5-6(4-11)2-7(10)3-8(5)9/h2-3H,4,11H2,1H3. The lowest BCUT2D eigenvalue weighted by molar-refractivity contribution is 1.05. The fourth-order valence-electron chi connectivity index (χ4n) is 0.911. The van der Waals surface area contributed by atoms with E-state index in [1.165, 1.54) is 0 Å². The maximum absolute atomic E-state index is 5.82. The molecular weight excluding hydrogens is 225 g/mol. The average molecular weight is 235 g/mol. The number of hydrogen-bond acceptors (Lipinski definition) is 1. The van der Waals surface area contributed by atoms with Gasteiger partial charge in [0.1, 0.15) is 0 Å². The van der Waals surface area contributed by atoms with Crippen molar-refractivity contribution < 1.29 is 0 Å². The summed E-state index contributed by atoms with van der Waals surface area (Å²) in [5.41, 5.74) is 7.76. The van der Waals surface area contributed by atoms with E-state index >= 15 is 0 Å². The molecule has 0 fully saturated rings. The SMILES string of the molecule is Cc1c(Br)cc(Cl)cc1CN. The first-order chi connectivity index (χ1) is 5.15. The summed E-state index contributed by atoms with van der Waals surface area (Å²) in [6.45, 7) is 2.55. The second-order valence-corrected chi connectivity index (χ2v) is 3.67. The fraction of sp³-hybridized carbons (Fsp3) is 0.250. The highest BCUT2D eigenvalue weighted by atomic mass is 79.9. The molecular formula is C8H9BrClN. The topological polar surface area (TPSA) is 26.0 Å². The highest BCUT2D eigenvalue weighted by molar-refractivity contribution is 9.10. The van der Waals surface area contributed by atoms with Gasteiger partial charge in [-0.25, -0.2) is 0 Å². The minimum Gasteiger partial charge on any atom is -0.326 e. The van der Waals surface area contributed by atoms with Crippen molar-refractivity contribution in [1.82, 2.24) is 0 Å². The van der Waals surface area contributed by atoms with Crippen LogP contribution < -0.4 is 5.73 Å². The van der Waals surface area contributed by atoms with Gasteiger partial charge >= 0.3 is 0 Å². The summed E-state index contributed by atoms with van der Waals surface area (Å²) < 4.78 is 1.02. The van der Waals surface area contributed by atoms with E-state index in [0.29, 0.717) is 6.54 Å². The van der Waals surface area contributed by atoms with Gasteiger partial charge < -0.3 is 5.73 Å². The lowest BCUT2D eigenvalue weighted by Gasteiger charge is -2.05. The molecule has 0 spiro atoms. The Morgan fingerprint density at radius 2 is 2.18 bits per heavy atom. The average Bonchev–Trinajstić information content (AvgIpc) is 1.96. The van der Waals surface area contributed by atoms with E-state index in [2.05, 4.69) is 15.9 Å². The summed E-state index contributed by atoms with van der Waals surface area (Å²) >= 11 is 9.21. The van der Waals surface area contributed by atoms with Crippen molar-refractivity contribution in [1.29, 1.82) is 0 Å². The van der Waals surface area contributed by atoms with Crippen molar-refractivity contribution in [2.45, 2.75) is 13.5 Å². The molecule has 0 saturated heterocycles. The van der Waals surface area contributed by atoms with Gasteiger partial charge in [-0.3, -0.25) is 0 Å². The molecule has 60 valence electrons. The van der Waals surface area contributed by atoms with E-state index in [1.54, 1.807) is 0 Å². The second kappa shape index (κ2) is 3.57. The zero-order chi connectivity index (χ0) is 8.43. The lowest BCUT2D eigenvalue weighted by atomic mass is 10.1. The van der Waals surface area contributed by atoms with E-state index in [-0.39, 0.29) is 0 Å². The van der Waals surface area contributed by atoms with Gasteiger partial charge in [-0.05, 0) is 30.2 Å². The van der Waals surface area contributed by atoms with Crippen LogP contribution in [0.1, 0.15) is 11.1 Å². The quantitative estimate of drug-likeness (QED) is 0.794. The van der Waals surface area contributed by atoms with Crippen LogP contribution in [0.4, 0.5) is 0 Å². The Morgan fingerprint density at radius 1 is 1.55 bits per heavy atom. The Bertz CT molecular complexity index is 273. The molecule has 1 aromatic carbocycles. The molecule has 1 nitrogen and oxygen atoms in total. The van der Waals surface area contributed by atoms with Gasteiger partial charge in [0, 0.05) is 16.0 Å². The van der Waals surface area contributed by atoms with Crippen LogP contribution in [-0.4, -0.2) is 0 Å². The molecule has 0 saturated carbocycles. The summed E-state index contributed by atoms with van der Waals surface area (Å²) in [5.74, 6) is 0. The van der Waals surface area contributed by atoms with Gasteiger partial charge in [0.05, 0.1) is 0 Å². The third-order valence-corrected chi connectivity index (χ3v) is 2.68. The van der Waals surface area contributed by atoms with Crippen LogP contribution in [0.3, 0.4) is 0 Å². The van der Waals surface area contributed by atoms with E-state index < -0.39 is 0 Å². The molecule has 11 heavy (non-hydrogen) atoms. The first kappa shape index (κ1) is 9.04. The molecule has 0 heterocycles. The zero-order valence-corrected chi connectivity index (χ0v) is 8.54. The highest BCUT2D eigenvalue weighted by Crippen LogP contribution is 2.24. The number of nitrogens with two attached hydrogens (primary N) is 1. The fourth-order valence-corrected chi connectivity index (χ4v) is 1.78. The molecule has 0 unspecified atom stereocenters. The molecule has 2 N–H and O–H groups in total. The van der Waals surface area contributed by atoms with E-state index in [9.17, 15) is 0 Å². The lowest BCUT2D eigenvalue weighted by Crippen LogP contribution is -1.99. The highest BCUT2D eigenvalue weighted by Gasteiger charge is 2.01. The Morgan fingerprint density at radius 3 is 2.73 bits per heavy atom. The number of rotatable bonds is 1. The van der Waals surface area contributed by atoms with E-state index in [0.717, 1.165) is 20.6 Å². The van der Waals surface area contributed by atoms with Crippen LogP contribution >= 0.6 is 27.5 Å². The number of benzene rings is 1. The van der Waals surface area contributed by atoms with E-state index in [4.69, 9.17) is 17.3 Å². The van der Waals surface area contributed by atoms with Crippen LogP contribution in [-0.2, 0) is 6.54 Å². The van der Waals surface area contributed by atoms with Gasteiger partial charge in [0.15, 0.2) is 0 Å². The Hall–Kier alpha value is -0.0500. The third kappa shape index (κ3) is 1.95. The smallest absolute Gasteiger partial charge is 0.0420 e. The summed E-state index contributed by atoms with van der Waals surface area (Å²) in [7, 11) is 0. The molecule has 3 heteroatoms. The Kier molecular flexibility index (Phi) is 2.93. The van der Waals surface area contributed by atoms with Crippen molar-refractivity contribution >= 4 is 27.5 Å². The first-order valence-electron chi connectivity index (χ1n) is 3.29. The molecule has 0 aromatic heterocycles. The van der Waals surface area contributed by atoms with Crippen molar-refractivity contribution in [3.63, 3.8) is 0 Å². The summed E-state index contributed by atoms with van der Waals surface area (Å²) in [5, 5.41) is 0.725. The Balaban J connectivity index is 3.24. The Labute approximate surface area is 79.7 Å². The number of hydrogen-bond donors (Lipinski definition) is 1. The minimum absolute atomic E-state index is 0.533. The molecule has 0 aliphatic heterocycles. The molecule has 0 bridgehead atoms. The van der Waals surface area contributed by atoms with Gasteiger partial charge in [0.2, 0.25) is 0 Å². The third-order valence-electron chi connectivity index (χ3n) is 1.64.